The van der Waals surface area contributed by atoms with Crippen LogP contribution in [0.2, 0.25) is 5.02 Å². The van der Waals surface area contributed by atoms with Crippen LogP contribution >= 0.6 is 34.2 Å². The minimum atomic E-state index is -0.206. The largest absolute Gasteiger partial charge is 0.409 e. The Morgan fingerprint density at radius 2 is 2.28 bits per heavy atom. The summed E-state index contributed by atoms with van der Waals surface area (Å²) in [5.41, 5.74) is 5.88. The Morgan fingerprint density at radius 1 is 1.61 bits per heavy atom. The zero-order chi connectivity index (χ0) is 13.7. The summed E-state index contributed by atoms with van der Waals surface area (Å²) in [4.78, 5) is 13.6. The average Bonchev–Trinajstić information content (AvgIpc) is 2.38. The number of benzene rings is 1. The van der Waals surface area contributed by atoms with E-state index in [2.05, 4.69) is 27.7 Å². The van der Waals surface area contributed by atoms with Gasteiger partial charge < -0.3 is 15.8 Å². The standard InChI is InChI=1S/C11H13ClIN3O2/c1-2-16(6-10(14)15-18)11(17)7-3-4-9(13)8(12)5-7/h3-5,18H,2,6H2,1H3,(H2,14,15). The SMILES string of the molecule is CCN(C/C(N)=N/O)C(=O)c1ccc(I)c(Cl)c1. The topological polar surface area (TPSA) is 78.9 Å². The zero-order valence-corrected chi connectivity index (χ0v) is 12.6. The number of nitrogens with two attached hydrogens (primary N) is 1. The molecule has 0 bridgehead atoms. The molecule has 0 unspecified atom stereocenters. The van der Waals surface area contributed by atoms with Crippen LogP contribution < -0.4 is 5.73 Å². The lowest BCUT2D eigenvalue weighted by atomic mass is 10.2. The van der Waals surface area contributed by atoms with Gasteiger partial charge in [0.25, 0.3) is 5.91 Å². The van der Waals surface area contributed by atoms with E-state index in [1.54, 1.807) is 18.2 Å². The monoisotopic (exact) mass is 381 g/mol. The summed E-state index contributed by atoms with van der Waals surface area (Å²) in [6.07, 6.45) is 0. The average molecular weight is 382 g/mol. The van der Waals surface area contributed by atoms with Gasteiger partial charge in [-0.3, -0.25) is 4.79 Å². The smallest absolute Gasteiger partial charge is 0.254 e. The van der Waals surface area contributed by atoms with E-state index >= 15 is 0 Å². The van der Waals surface area contributed by atoms with Crippen LogP contribution in [0.25, 0.3) is 0 Å². The van der Waals surface area contributed by atoms with Crippen molar-refractivity contribution in [2.45, 2.75) is 6.92 Å². The number of amides is 1. The van der Waals surface area contributed by atoms with Gasteiger partial charge in [0.2, 0.25) is 0 Å². The third-order valence-electron chi connectivity index (χ3n) is 2.32. The summed E-state index contributed by atoms with van der Waals surface area (Å²) in [5.74, 6) is -0.218. The Kier molecular flexibility index (Phi) is 5.67. The van der Waals surface area contributed by atoms with Crippen molar-refractivity contribution in [3.63, 3.8) is 0 Å². The van der Waals surface area contributed by atoms with Crippen LogP contribution in [0.5, 0.6) is 0 Å². The number of rotatable bonds is 4. The van der Waals surface area contributed by atoms with E-state index in [1.165, 1.54) is 4.90 Å². The van der Waals surface area contributed by atoms with E-state index in [4.69, 9.17) is 22.5 Å². The number of carbonyl (C=O) groups excluding carboxylic acids is 1. The zero-order valence-electron chi connectivity index (χ0n) is 9.73. The first-order valence-corrected chi connectivity index (χ1v) is 6.66. The van der Waals surface area contributed by atoms with Crippen molar-refractivity contribution in [3.05, 3.63) is 32.4 Å². The molecular formula is C11H13ClIN3O2. The van der Waals surface area contributed by atoms with Gasteiger partial charge in [0.1, 0.15) is 0 Å². The summed E-state index contributed by atoms with van der Waals surface area (Å²) in [6.45, 7) is 2.35. The Bertz CT molecular complexity index is 479. The molecule has 18 heavy (non-hydrogen) atoms. The van der Waals surface area contributed by atoms with Gasteiger partial charge in [-0.15, -0.1) is 0 Å². The normalized spacial score (nSPS) is 11.4. The molecule has 0 fully saturated rings. The van der Waals surface area contributed by atoms with Crippen molar-refractivity contribution in [2.75, 3.05) is 13.1 Å². The highest BCUT2D eigenvalue weighted by molar-refractivity contribution is 14.1. The lowest BCUT2D eigenvalue weighted by Gasteiger charge is -2.20. The molecule has 0 aliphatic carbocycles. The van der Waals surface area contributed by atoms with Crippen LogP contribution in [0.1, 0.15) is 17.3 Å². The van der Waals surface area contributed by atoms with E-state index in [0.29, 0.717) is 17.1 Å². The van der Waals surface area contributed by atoms with Crippen molar-refractivity contribution in [1.29, 1.82) is 0 Å². The molecular weight excluding hydrogens is 368 g/mol. The minimum absolute atomic E-state index is 0.0122. The quantitative estimate of drug-likeness (QED) is 0.276. The Morgan fingerprint density at radius 3 is 2.78 bits per heavy atom. The van der Waals surface area contributed by atoms with Gasteiger partial charge in [-0.2, -0.15) is 0 Å². The predicted octanol–water partition coefficient (Wildman–Crippen LogP) is 2.15. The molecule has 7 heteroatoms. The molecule has 0 aliphatic rings. The van der Waals surface area contributed by atoms with E-state index in [0.717, 1.165) is 3.57 Å². The molecule has 0 saturated carbocycles. The van der Waals surface area contributed by atoms with Crippen LogP contribution in [0.4, 0.5) is 0 Å². The predicted molar refractivity (Wildman–Crippen MR) is 79.2 cm³/mol. The van der Waals surface area contributed by atoms with E-state index in [-0.39, 0.29) is 18.3 Å². The lowest BCUT2D eigenvalue weighted by Crippen LogP contribution is -2.38. The third kappa shape index (κ3) is 3.74. The van der Waals surface area contributed by atoms with Crippen LogP contribution in [0, 0.1) is 3.57 Å². The molecule has 3 N–H and O–H groups in total. The molecule has 0 saturated heterocycles. The first-order valence-electron chi connectivity index (χ1n) is 5.20. The maximum atomic E-state index is 12.2. The number of nitrogens with zero attached hydrogens (tertiary/aromatic N) is 2. The molecule has 0 aliphatic heterocycles. The highest BCUT2D eigenvalue weighted by Crippen LogP contribution is 2.20. The van der Waals surface area contributed by atoms with Crippen molar-refractivity contribution >= 4 is 45.9 Å². The molecule has 0 radical (unpaired) electrons. The number of halogens is 2. The van der Waals surface area contributed by atoms with Crippen molar-refractivity contribution in [3.8, 4) is 0 Å². The van der Waals surface area contributed by atoms with Crippen molar-refractivity contribution in [1.82, 2.24) is 4.90 Å². The summed E-state index contributed by atoms with van der Waals surface area (Å²) in [5, 5.41) is 11.9. The van der Waals surface area contributed by atoms with Crippen LogP contribution in [-0.4, -0.2) is 34.9 Å². The summed E-state index contributed by atoms with van der Waals surface area (Å²) < 4.78 is 0.880. The van der Waals surface area contributed by atoms with Gasteiger partial charge >= 0.3 is 0 Å². The van der Waals surface area contributed by atoms with E-state index in [1.807, 2.05) is 6.92 Å². The molecule has 1 amide bonds. The first-order chi connectivity index (χ1) is 8.49. The molecule has 1 aromatic carbocycles. The van der Waals surface area contributed by atoms with Crippen molar-refractivity contribution in [2.24, 2.45) is 10.9 Å². The fraction of sp³-hybridized carbons (Fsp3) is 0.273. The van der Waals surface area contributed by atoms with Crippen LogP contribution in [0.15, 0.2) is 23.4 Å². The molecule has 1 rings (SSSR count). The molecule has 0 aromatic heterocycles. The van der Waals surface area contributed by atoms with Gasteiger partial charge in [-0.05, 0) is 47.7 Å². The van der Waals surface area contributed by atoms with Gasteiger partial charge in [0.15, 0.2) is 5.84 Å². The van der Waals surface area contributed by atoms with Gasteiger partial charge in [-0.1, -0.05) is 16.8 Å². The fourth-order valence-corrected chi connectivity index (χ4v) is 1.88. The Labute approximate surface area is 124 Å². The first kappa shape index (κ1) is 15.0. The number of oxime groups is 1. The van der Waals surface area contributed by atoms with Crippen LogP contribution in [-0.2, 0) is 0 Å². The second-order valence-electron chi connectivity index (χ2n) is 3.54. The minimum Gasteiger partial charge on any atom is -0.409 e. The van der Waals surface area contributed by atoms with Gasteiger partial charge in [0.05, 0.1) is 11.6 Å². The molecule has 5 nitrogen and oxygen atoms in total. The Hall–Kier alpha value is -1.02. The maximum Gasteiger partial charge on any atom is 0.254 e. The number of likely N-dealkylation sites (N-methyl/N-ethyl adjacent to an activating group) is 1. The third-order valence-corrected chi connectivity index (χ3v) is 3.89. The number of carbonyl (C=O) groups is 1. The van der Waals surface area contributed by atoms with Gasteiger partial charge in [0, 0.05) is 15.7 Å². The summed E-state index contributed by atoms with van der Waals surface area (Å²) >= 11 is 8.06. The summed E-state index contributed by atoms with van der Waals surface area (Å²) in [7, 11) is 0. The maximum absolute atomic E-state index is 12.2. The molecule has 98 valence electrons. The van der Waals surface area contributed by atoms with Crippen LogP contribution in [0.3, 0.4) is 0 Å². The van der Waals surface area contributed by atoms with Crippen molar-refractivity contribution < 1.29 is 10.0 Å². The highest BCUT2D eigenvalue weighted by atomic mass is 127. The number of hydrogen-bond acceptors (Lipinski definition) is 3. The Balaban J connectivity index is 2.93. The second kappa shape index (κ2) is 6.79. The molecule has 1 aromatic rings. The van der Waals surface area contributed by atoms with E-state index < -0.39 is 0 Å². The van der Waals surface area contributed by atoms with Gasteiger partial charge in [-0.25, -0.2) is 0 Å². The highest BCUT2D eigenvalue weighted by Gasteiger charge is 2.16. The van der Waals surface area contributed by atoms with E-state index in [9.17, 15) is 4.79 Å². The fourth-order valence-electron chi connectivity index (χ4n) is 1.37. The molecule has 0 heterocycles. The summed E-state index contributed by atoms with van der Waals surface area (Å²) in [6, 6.07) is 5.08. The molecule has 0 atom stereocenters. The second-order valence-corrected chi connectivity index (χ2v) is 5.11. The number of hydrogen-bond donors (Lipinski definition) is 2. The number of amidine groups is 1. The molecule has 0 spiro atoms. The lowest BCUT2D eigenvalue weighted by molar-refractivity contribution is 0.0786.